The first-order valence-electron chi connectivity index (χ1n) is 17.6. The lowest BCUT2D eigenvalue weighted by atomic mass is 9.86. The van der Waals surface area contributed by atoms with Crippen molar-refractivity contribution in [1.82, 2.24) is 30.0 Å². The van der Waals surface area contributed by atoms with Gasteiger partial charge in [0.1, 0.15) is 24.2 Å². The molecule has 3 amide bonds. The van der Waals surface area contributed by atoms with Gasteiger partial charge in [0, 0.05) is 38.2 Å². The van der Waals surface area contributed by atoms with E-state index in [0.29, 0.717) is 28.6 Å². The van der Waals surface area contributed by atoms with Gasteiger partial charge in [-0.2, -0.15) is 5.10 Å². The number of rotatable bonds is 13. The highest BCUT2D eigenvalue weighted by atomic mass is 19.3. The first kappa shape index (κ1) is 38.0. The largest absolute Gasteiger partial charge is 0.461 e. The molecule has 5 N–H and O–H groups in total. The predicted octanol–water partition coefficient (Wildman–Crippen LogP) is 4.46. The number of pyridine rings is 1. The van der Waals surface area contributed by atoms with Gasteiger partial charge < -0.3 is 35.7 Å². The Morgan fingerprint density at radius 1 is 1.11 bits per heavy atom. The Hall–Kier alpha value is -5.71. The fourth-order valence-electron chi connectivity index (χ4n) is 5.94. The van der Waals surface area contributed by atoms with E-state index in [9.17, 15) is 28.0 Å². The molecule has 0 bridgehead atoms. The van der Waals surface area contributed by atoms with Gasteiger partial charge in [-0.1, -0.05) is 32.9 Å². The van der Waals surface area contributed by atoms with Crippen LogP contribution < -0.4 is 21.7 Å². The second kappa shape index (κ2) is 15.7. The summed E-state index contributed by atoms with van der Waals surface area (Å²) in [4.78, 5) is 61.2. The summed E-state index contributed by atoms with van der Waals surface area (Å²) in [5.74, 6) is -0.672. The number of benzene rings is 1. The molecule has 1 saturated heterocycles. The maximum Gasteiger partial charge on any atom is 0.302 e. The number of carbonyl (C=O) groups is 4. The maximum atomic E-state index is 14.1. The Morgan fingerprint density at radius 2 is 1.85 bits per heavy atom. The average Bonchev–Trinajstić information content (AvgIpc) is 3.47. The molecule has 1 aliphatic heterocycles. The van der Waals surface area contributed by atoms with Crippen molar-refractivity contribution in [2.45, 2.75) is 78.1 Å². The van der Waals surface area contributed by atoms with Gasteiger partial charge in [-0.25, -0.2) is 23.4 Å². The molecule has 3 atom stereocenters. The van der Waals surface area contributed by atoms with Gasteiger partial charge in [-0.3, -0.25) is 19.2 Å². The number of halogens is 2. The van der Waals surface area contributed by atoms with E-state index in [2.05, 4.69) is 31.0 Å². The van der Waals surface area contributed by atoms with Crippen LogP contribution in [0.1, 0.15) is 75.1 Å². The fourth-order valence-corrected chi connectivity index (χ4v) is 5.94. The van der Waals surface area contributed by atoms with E-state index in [1.54, 1.807) is 42.6 Å². The van der Waals surface area contributed by atoms with Crippen LogP contribution in [0.5, 0.6) is 0 Å². The number of anilines is 2. The number of likely N-dealkylation sites (tertiary alicyclic amines) is 1. The lowest BCUT2D eigenvalue weighted by Gasteiger charge is -2.32. The highest BCUT2D eigenvalue weighted by Gasteiger charge is 2.44. The molecule has 286 valence electrons. The van der Waals surface area contributed by atoms with Crippen molar-refractivity contribution < 1.29 is 37.1 Å². The molecular weight excluding hydrogens is 704 g/mol. The molecule has 4 heterocycles. The van der Waals surface area contributed by atoms with E-state index in [4.69, 9.17) is 14.9 Å². The zero-order chi connectivity index (χ0) is 38.7. The Balaban J connectivity index is 1.09. The SMILES string of the molecule is CC(=O)O[C@@H]1C[C@@H](C(=O)NCc2ccc(-n3cc(NC(=O)c4coc(-c5ccnc(NCC6CC6)c5)n4)c(C(F)F)n3)cc2)N(C(=O)[C@@H](N)C(C)(C)C)C1. The Labute approximate surface area is 310 Å². The van der Waals surface area contributed by atoms with Crippen LogP contribution in [-0.2, 0) is 25.7 Å². The van der Waals surface area contributed by atoms with E-state index in [1.807, 2.05) is 20.8 Å². The van der Waals surface area contributed by atoms with Crippen LogP contribution in [0.3, 0.4) is 0 Å². The van der Waals surface area contributed by atoms with Gasteiger partial charge in [0.15, 0.2) is 11.4 Å². The quantitative estimate of drug-likeness (QED) is 0.141. The second-order valence-corrected chi connectivity index (χ2v) is 14.6. The fraction of sp³-hybridized carbons (Fsp3) is 0.432. The summed E-state index contributed by atoms with van der Waals surface area (Å²) in [6.07, 6.45) is 2.87. The minimum atomic E-state index is -3.00. The summed E-state index contributed by atoms with van der Waals surface area (Å²) in [7, 11) is 0. The van der Waals surface area contributed by atoms with Crippen LogP contribution in [0.25, 0.3) is 17.1 Å². The summed E-state index contributed by atoms with van der Waals surface area (Å²) in [5.41, 5.74) is 6.37. The zero-order valence-electron chi connectivity index (χ0n) is 30.3. The molecule has 1 aliphatic carbocycles. The van der Waals surface area contributed by atoms with Crippen LogP contribution >= 0.6 is 0 Å². The van der Waals surface area contributed by atoms with Gasteiger partial charge in [0.05, 0.1) is 30.2 Å². The number of aromatic nitrogens is 4. The molecule has 4 aromatic rings. The van der Waals surface area contributed by atoms with E-state index in [-0.39, 0.29) is 36.8 Å². The number of alkyl halides is 2. The summed E-state index contributed by atoms with van der Waals surface area (Å²) >= 11 is 0. The number of esters is 1. The third-order valence-electron chi connectivity index (χ3n) is 9.26. The second-order valence-electron chi connectivity index (χ2n) is 14.6. The van der Waals surface area contributed by atoms with Crippen LogP contribution in [0.2, 0.25) is 0 Å². The number of carbonyl (C=O) groups excluding carboxylic acids is 4. The van der Waals surface area contributed by atoms with Crippen molar-refractivity contribution in [3.63, 3.8) is 0 Å². The van der Waals surface area contributed by atoms with Crippen molar-refractivity contribution in [3.8, 4) is 17.1 Å². The van der Waals surface area contributed by atoms with Crippen LogP contribution in [0, 0.1) is 11.3 Å². The molecule has 1 saturated carbocycles. The molecule has 15 nitrogen and oxygen atoms in total. The van der Waals surface area contributed by atoms with Gasteiger partial charge in [0.25, 0.3) is 12.3 Å². The lowest BCUT2D eigenvalue weighted by molar-refractivity contribution is -0.147. The van der Waals surface area contributed by atoms with Crippen molar-refractivity contribution in [1.29, 1.82) is 0 Å². The maximum absolute atomic E-state index is 14.1. The normalized spacial score (nSPS) is 17.7. The number of nitrogens with one attached hydrogen (secondary N) is 3. The van der Waals surface area contributed by atoms with Gasteiger partial charge in [-0.15, -0.1) is 0 Å². The number of oxazole rings is 1. The third kappa shape index (κ3) is 9.07. The minimum Gasteiger partial charge on any atom is -0.461 e. The van der Waals surface area contributed by atoms with Crippen LogP contribution in [0.4, 0.5) is 20.3 Å². The Bertz CT molecular complexity index is 2000. The predicted molar refractivity (Wildman–Crippen MR) is 192 cm³/mol. The topological polar surface area (TPSA) is 200 Å². The molecule has 2 aliphatic rings. The Morgan fingerprint density at radius 3 is 2.52 bits per heavy atom. The molecule has 0 spiro atoms. The van der Waals surface area contributed by atoms with Gasteiger partial charge >= 0.3 is 5.97 Å². The number of nitrogens with zero attached hydrogens (tertiary/aromatic N) is 5. The molecule has 0 unspecified atom stereocenters. The van der Waals surface area contributed by atoms with Crippen LogP contribution in [-0.4, -0.2) is 79.6 Å². The number of hydrogen-bond acceptors (Lipinski definition) is 11. The molecule has 54 heavy (non-hydrogen) atoms. The summed E-state index contributed by atoms with van der Waals surface area (Å²) in [5, 5.41) is 12.6. The Kier molecular flexibility index (Phi) is 11.1. The van der Waals surface area contributed by atoms with Gasteiger partial charge in [-0.05, 0) is 54.0 Å². The smallest absolute Gasteiger partial charge is 0.302 e. The lowest BCUT2D eigenvalue weighted by Crippen LogP contribution is -2.54. The highest BCUT2D eigenvalue weighted by Crippen LogP contribution is 2.31. The van der Waals surface area contributed by atoms with Crippen molar-refractivity contribution in [2.75, 3.05) is 23.7 Å². The first-order chi connectivity index (χ1) is 25.7. The standard InChI is InChI=1S/C37H43F2N9O6/c1-20(49)54-25-14-28(47(17-25)36(52)31(40)37(2,3)4)34(51)43-16-22-7-9-24(10-8-22)48-18-26(30(46-48)32(38)39)44-33(50)27-19-53-35(45-27)23-11-12-41-29(13-23)42-15-21-5-6-21/h7-13,18-19,21,25,28,31-32H,5-6,14-17,40H2,1-4H3,(H,41,42)(H,43,51)(H,44,50)/t25-,28+,31-/m1/s1. The molecule has 2 fully saturated rings. The van der Waals surface area contributed by atoms with Crippen molar-refractivity contribution >= 4 is 35.2 Å². The van der Waals surface area contributed by atoms with E-state index >= 15 is 0 Å². The van der Waals surface area contributed by atoms with E-state index in [0.717, 1.165) is 12.8 Å². The third-order valence-corrected chi connectivity index (χ3v) is 9.26. The highest BCUT2D eigenvalue weighted by molar-refractivity contribution is 6.03. The summed E-state index contributed by atoms with van der Waals surface area (Å²) in [6, 6.07) is 8.26. The summed E-state index contributed by atoms with van der Waals surface area (Å²) < 4.78 is 40.2. The molecule has 6 rings (SSSR count). The van der Waals surface area contributed by atoms with E-state index < -0.39 is 59.4 Å². The monoisotopic (exact) mass is 747 g/mol. The van der Waals surface area contributed by atoms with E-state index in [1.165, 1.54) is 35.5 Å². The minimum absolute atomic E-state index is 0.0477. The van der Waals surface area contributed by atoms with Crippen molar-refractivity contribution in [2.24, 2.45) is 17.1 Å². The van der Waals surface area contributed by atoms with Crippen LogP contribution in [0.15, 0.2) is 59.5 Å². The number of amides is 3. The molecule has 17 heteroatoms. The molecular formula is C37H43F2N9O6. The van der Waals surface area contributed by atoms with Crippen molar-refractivity contribution in [3.05, 3.63) is 72.0 Å². The zero-order valence-corrected chi connectivity index (χ0v) is 30.3. The average molecular weight is 748 g/mol. The number of nitrogens with two attached hydrogens (primary N) is 1. The first-order valence-corrected chi connectivity index (χ1v) is 17.6. The summed E-state index contributed by atoms with van der Waals surface area (Å²) in [6.45, 7) is 7.68. The molecule has 1 aromatic carbocycles. The van der Waals surface area contributed by atoms with Gasteiger partial charge in [0.2, 0.25) is 17.7 Å². The molecule has 3 aromatic heterocycles. The number of ether oxygens (including phenoxy) is 1. The molecule has 0 radical (unpaired) electrons. The number of hydrogen-bond donors (Lipinski definition) is 4.